The number of fused-ring (bicyclic) bond motifs is 3. The predicted octanol–water partition coefficient (Wildman–Crippen LogP) is -1.89. The molecule has 0 fully saturated rings. The van der Waals surface area contributed by atoms with E-state index in [-0.39, 0.29) is 0 Å². The average Bonchev–Trinajstić information content (AvgIpc) is 2.87. The van der Waals surface area contributed by atoms with Crippen LogP contribution in [0.2, 0.25) is 0 Å². The Bertz CT molecular complexity index is 851. The van der Waals surface area contributed by atoms with Gasteiger partial charge in [0.15, 0.2) is 0 Å². The Kier molecular flexibility index (Phi) is 10.7. The third-order valence-corrected chi connectivity index (χ3v) is 76.8. The van der Waals surface area contributed by atoms with Gasteiger partial charge in [-0.15, -0.1) is 0 Å². The van der Waals surface area contributed by atoms with E-state index in [9.17, 15) is 0 Å². The quantitative estimate of drug-likeness (QED) is 0.248. The first-order valence-electron chi connectivity index (χ1n) is 7.66. The first-order valence-corrected chi connectivity index (χ1v) is 33.1. The third kappa shape index (κ3) is 4.42. The fourth-order valence-electron chi connectivity index (χ4n) is 3.52. The molecule has 0 radical (unpaired) electrons. The van der Waals surface area contributed by atoms with Crippen molar-refractivity contribution in [1.29, 1.82) is 0 Å². The summed E-state index contributed by atoms with van der Waals surface area (Å²) in [7, 11) is 0. The number of benzene rings is 2. The molecule has 0 aliphatic heterocycles. The molecule has 1 aromatic heterocycles. The van der Waals surface area contributed by atoms with Crippen molar-refractivity contribution in [3.8, 4) is 0 Å². The van der Waals surface area contributed by atoms with E-state index in [2.05, 4.69) is 25.2 Å². The molecule has 3 aromatic rings. The molecule has 0 saturated heterocycles. The van der Waals surface area contributed by atoms with Crippen LogP contribution in [0.4, 0.5) is 0 Å². The summed E-state index contributed by atoms with van der Waals surface area (Å²) in [6.07, 6.45) is 0. The van der Waals surface area contributed by atoms with Crippen LogP contribution in [0.5, 0.6) is 0 Å². The van der Waals surface area contributed by atoms with Crippen LogP contribution in [-0.2, 0) is 0 Å². The molecule has 0 spiro atoms. The van der Waals surface area contributed by atoms with Gasteiger partial charge in [-0.3, -0.25) is 0 Å². The second-order valence-electron chi connectivity index (χ2n) is 6.51. The first-order chi connectivity index (χ1) is 9.77. The zero-order valence-electron chi connectivity index (χ0n) is 14.4. The van der Waals surface area contributed by atoms with Gasteiger partial charge in [-0.05, 0) is 0 Å². The van der Waals surface area contributed by atoms with Crippen molar-refractivity contribution in [2.75, 3.05) is 0 Å². The van der Waals surface area contributed by atoms with Crippen LogP contribution < -0.4 is 3.63 Å². The van der Waals surface area contributed by atoms with Crippen LogP contribution in [0.3, 0.4) is 0 Å². The molecule has 1 heterocycles. The fourth-order valence-corrected chi connectivity index (χ4v) is 44.9. The molecule has 0 bridgehead atoms. The summed E-state index contributed by atoms with van der Waals surface area (Å²) in [6, 6.07) is 0. The summed E-state index contributed by atoms with van der Waals surface area (Å²) < 4.78 is 14.9. The molecule has 0 N–H and O–H groups in total. The molecule has 0 aliphatic rings. The minimum absolute atomic E-state index is 0.475. The molecule has 0 nitrogen and oxygen atoms in total. The fraction of sp³-hybridized carbons (Fsp3) is 0.143. The Hall–Kier alpha value is 7.47. The Balaban J connectivity index is 2.73. The van der Waals surface area contributed by atoms with Crippen molar-refractivity contribution < 1.29 is 257 Å². The molecule has 7 heteroatoms. The molecule has 86 valence electrons. The Morgan fingerprint density at radius 1 is 0.524 bits per heavy atom. The standard InChI is InChI=1S/C14H6S.6Ra.6H/c1-9-3-5-13-11(7-9)12-8-10(2)4-6-14(12)15-13;;;;;;;;;;;;/h1-2H3;;;;;;;;;;;;. The average molecular weight is 1570 g/mol. The van der Waals surface area contributed by atoms with Gasteiger partial charge in [-0.2, -0.15) is 0 Å². The van der Waals surface area contributed by atoms with Crippen molar-refractivity contribution in [2.24, 2.45) is 0 Å². The summed E-state index contributed by atoms with van der Waals surface area (Å²) in [5.41, 5.74) is 3.55. The van der Waals surface area contributed by atoms with Gasteiger partial charge >= 0.3 is 317 Å². The maximum atomic E-state index is 2.46. The molecule has 0 amide bonds. The molecular weight excluding hydrogens is 1560 g/mol. The topological polar surface area (TPSA) is 0 Å². The van der Waals surface area contributed by atoms with E-state index in [1.165, 1.54) is 0 Å². The van der Waals surface area contributed by atoms with Crippen molar-refractivity contribution in [2.45, 2.75) is 13.8 Å². The van der Waals surface area contributed by atoms with Gasteiger partial charge in [0, 0.05) is 0 Å². The van der Waals surface area contributed by atoms with E-state index in [1.807, 2.05) is 14.4 Å². The molecule has 0 aliphatic carbocycles. The van der Waals surface area contributed by atoms with Crippen LogP contribution >= 0.6 is 11.3 Å². The Labute approximate surface area is 305 Å². The van der Waals surface area contributed by atoms with Gasteiger partial charge in [0.2, 0.25) is 0 Å². The first kappa shape index (κ1) is 23.1. The Morgan fingerprint density at radius 3 is 1.19 bits per heavy atom. The zero-order valence-corrected chi connectivity index (χ0v) is 64.5. The van der Waals surface area contributed by atoms with Crippen molar-refractivity contribution in [1.82, 2.24) is 0 Å². The van der Waals surface area contributed by atoms with Gasteiger partial charge in [0.05, 0.1) is 0 Å². The summed E-state index contributed by atoms with van der Waals surface area (Å²) in [6.45, 7) is 4.93. The summed E-state index contributed by atoms with van der Waals surface area (Å²) in [5.74, 6) is 0. The predicted molar refractivity (Wildman–Crippen MR) is 75.0 cm³/mol. The molecule has 2 aromatic carbocycles. The number of thiophene rings is 1. The second-order valence-corrected chi connectivity index (χ2v) is 32.2. The minimum atomic E-state index is 0.475. The van der Waals surface area contributed by atoms with Crippen LogP contribution in [0.15, 0.2) is 0 Å². The van der Waals surface area contributed by atoms with Crippen LogP contribution in [-0.4, -0.2) is 0 Å². The molecule has 3 rings (SSSR count). The zero-order chi connectivity index (χ0) is 15.6. The van der Waals surface area contributed by atoms with E-state index in [0.29, 0.717) is 257 Å². The molecule has 21 heavy (non-hydrogen) atoms. The molecule has 0 saturated carbocycles. The Morgan fingerprint density at radius 2 is 0.857 bits per heavy atom. The van der Waals surface area contributed by atoms with E-state index < -0.39 is 0 Å². The molecule has 0 atom stereocenters. The van der Waals surface area contributed by atoms with Crippen LogP contribution in [0.1, 0.15) is 11.1 Å². The number of hydrogen-bond acceptors (Lipinski definition) is 1. The van der Waals surface area contributed by atoms with Crippen molar-refractivity contribution >= 4 is 35.1 Å². The monoisotopic (exact) mass is 1570 g/mol. The summed E-state index contributed by atoms with van der Waals surface area (Å²) in [4.78, 5) is 0. The van der Waals surface area contributed by atoms with Crippen LogP contribution in [0, 0.1) is 271 Å². The van der Waals surface area contributed by atoms with E-state index >= 15 is 0 Å². The third-order valence-electron chi connectivity index (χ3n) is 5.71. The molecular formula is C14H12Ra6S. The number of rotatable bonds is 0. The maximum absolute atomic E-state index is 2.46. The van der Waals surface area contributed by atoms with Gasteiger partial charge in [0.25, 0.3) is 0 Å². The molecule has 0 unspecified atom stereocenters. The number of hydrogen-bond donors (Lipinski definition) is 0. The normalized spacial score (nSPS) is 11.2. The van der Waals surface area contributed by atoms with Gasteiger partial charge in [-0.25, -0.2) is 0 Å². The van der Waals surface area contributed by atoms with Crippen molar-refractivity contribution in [3.05, 3.63) is 11.1 Å². The summed E-state index contributed by atoms with van der Waals surface area (Å²) >= 11 is 5.29. The van der Waals surface area contributed by atoms with Crippen molar-refractivity contribution in [3.63, 3.8) is 0 Å². The van der Waals surface area contributed by atoms with Gasteiger partial charge < -0.3 is 0 Å². The van der Waals surface area contributed by atoms with Gasteiger partial charge in [-0.1, -0.05) is 0 Å². The van der Waals surface area contributed by atoms with Gasteiger partial charge in [0.1, 0.15) is 0 Å². The van der Waals surface area contributed by atoms with E-state index in [4.69, 9.17) is 0 Å². The SMILES string of the molecule is Cc1[c]([RaH])[c]([RaH])c2sc3[c]([RaH])[c]([RaH])c(C)[c]([RaH])c3c2[c]1[RaH]. The van der Waals surface area contributed by atoms with E-state index in [0.717, 1.165) is 0 Å². The van der Waals surface area contributed by atoms with E-state index in [1.54, 1.807) is 20.5 Å². The summed E-state index contributed by atoms with van der Waals surface area (Å²) in [5, 5.41) is 3.63. The second kappa shape index (κ2) is 9.73. The van der Waals surface area contributed by atoms with Crippen LogP contribution in [0.25, 0.3) is 20.2 Å².